The van der Waals surface area contributed by atoms with Gasteiger partial charge in [0.2, 0.25) is 10.0 Å². The number of benzene rings is 2. The molecule has 0 radical (unpaired) electrons. The van der Waals surface area contributed by atoms with Gasteiger partial charge in [0.1, 0.15) is 0 Å². The molecule has 1 aliphatic rings. The van der Waals surface area contributed by atoms with Gasteiger partial charge in [-0.15, -0.1) is 0 Å². The van der Waals surface area contributed by atoms with Crippen molar-refractivity contribution in [1.29, 1.82) is 0 Å². The van der Waals surface area contributed by atoms with Crippen LogP contribution < -0.4 is 10.0 Å². The van der Waals surface area contributed by atoms with Crippen molar-refractivity contribution in [3.05, 3.63) is 64.7 Å². The quantitative estimate of drug-likeness (QED) is 0.782. The summed E-state index contributed by atoms with van der Waals surface area (Å²) in [6.45, 7) is 2.76. The zero-order valence-corrected chi connectivity index (χ0v) is 15.6. The molecule has 0 spiro atoms. The lowest BCUT2D eigenvalue weighted by atomic mass is 9.95. The van der Waals surface area contributed by atoms with Crippen LogP contribution in [0.4, 0.5) is 0 Å². The van der Waals surface area contributed by atoms with Crippen LogP contribution in [-0.2, 0) is 21.2 Å². The predicted molar refractivity (Wildman–Crippen MR) is 98.6 cm³/mol. The van der Waals surface area contributed by atoms with Crippen molar-refractivity contribution in [2.75, 3.05) is 20.2 Å². The Morgan fingerprint density at radius 1 is 1.27 bits per heavy atom. The van der Waals surface area contributed by atoms with E-state index in [2.05, 4.69) is 16.1 Å². The lowest BCUT2D eigenvalue weighted by Crippen LogP contribution is -2.38. The number of hydrogen-bond donors (Lipinski definition) is 2. The number of rotatable bonds is 5. The van der Waals surface area contributed by atoms with Crippen molar-refractivity contribution in [1.82, 2.24) is 10.0 Å². The van der Waals surface area contributed by atoms with E-state index in [-0.39, 0.29) is 17.5 Å². The van der Waals surface area contributed by atoms with Crippen molar-refractivity contribution in [2.24, 2.45) is 0 Å². The Kier molecular flexibility index (Phi) is 5.41. The molecule has 3 rings (SSSR count). The van der Waals surface area contributed by atoms with Crippen LogP contribution in [0.3, 0.4) is 0 Å². The Morgan fingerprint density at radius 2 is 2.04 bits per heavy atom. The van der Waals surface area contributed by atoms with Gasteiger partial charge in [0.15, 0.2) is 0 Å². The summed E-state index contributed by atoms with van der Waals surface area (Å²) in [6, 6.07) is 12.4. The van der Waals surface area contributed by atoms with Gasteiger partial charge in [-0.2, -0.15) is 0 Å². The van der Waals surface area contributed by atoms with Crippen LogP contribution in [0.25, 0.3) is 0 Å². The van der Waals surface area contributed by atoms with Gasteiger partial charge in [0.05, 0.1) is 17.6 Å². The molecule has 1 heterocycles. The molecule has 1 aliphatic heterocycles. The number of nitrogens with one attached hydrogen (secondary N) is 2. The summed E-state index contributed by atoms with van der Waals surface area (Å²) in [5.74, 6) is -0.484. The van der Waals surface area contributed by atoms with E-state index in [1.54, 1.807) is 6.92 Å². The molecule has 7 heteroatoms. The summed E-state index contributed by atoms with van der Waals surface area (Å²) in [6.07, 6.45) is 0.938. The molecule has 0 fully saturated rings. The molecule has 0 aliphatic carbocycles. The molecular formula is C19H22N2O4S. The van der Waals surface area contributed by atoms with Crippen LogP contribution in [0, 0.1) is 6.92 Å². The molecule has 0 saturated carbocycles. The minimum atomic E-state index is -3.68. The highest BCUT2D eigenvalue weighted by molar-refractivity contribution is 7.89. The Balaban J connectivity index is 1.76. The van der Waals surface area contributed by atoms with Crippen LogP contribution in [0.15, 0.2) is 47.4 Å². The molecule has 0 bridgehead atoms. The largest absolute Gasteiger partial charge is 0.465 e. The van der Waals surface area contributed by atoms with Gasteiger partial charge in [-0.1, -0.05) is 24.3 Å². The molecule has 2 N–H and O–H groups in total. The number of aryl methyl sites for hydroxylation is 1. The molecule has 1 unspecified atom stereocenters. The molecule has 0 aromatic heterocycles. The average Bonchev–Trinajstić information content (AvgIpc) is 2.65. The third-order valence-electron chi connectivity index (χ3n) is 4.61. The van der Waals surface area contributed by atoms with Crippen molar-refractivity contribution < 1.29 is 17.9 Å². The minimum absolute atomic E-state index is 0.0647. The minimum Gasteiger partial charge on any atom is -0.465 e. The first-order valence-electron chi connectivity index (χ1n) is 8.42. The van der Waals surface area contributed by atoms with E-state index in [4.69, 9.17) is 4.74 Å². The molecule has 26 heavy (non-hydrogen) atoms. The maximum atomic E-state index is 12.6. The van der Waals surface area contributed by atoms with E-state index in [1.165, 1.54) is 30.9 Å². The van der Waals surface area contributed by atoms with Gasteiger partial charge < -0.3 is 10.1 Å². The van der Waals surface area contributed by atoms with Gasteiger partial charge in [0, 0.05) is 12.6 Å². The highest BCUT2D eigenvalue weighted by atomic mass is 32.2. The van der Waals surface area contributed by atoms with Crippen molar-refractivity contribution in [3.63, 3.8) is 0 Å². The number of carbonyl (C=O) groups is 1. The highest BCUT2D eigenvalue weighted by Gasteiger charge is 2.23. The number of esters is 1. The SMILES string of the molecule is COC(=O)c1ccc(S(=O)(=O)NCC2NCCc3ccccc32)cc1C. The number of carbonyl (C=O) groups excluding carboxylic acids is 1. The van der Waals surface area contributed by atoms with E-state index < -0.39 is 16.0 Å². The number of ether oxygens (including phenoxy) is 1. The normalized spacial score (nSPS) is 16.8. The molecule has 0 saturated heterocycles. The van der Waals surface area contributed by atoms with Crippen molar-refractivity contribution in [3.8, 4) is 0 Å². The third-order valence-corrected chi connectivity index (χ3v) is 6.03. The zero-order chi connectivity index (χ0) is 18.7. The fourth-order valence-electron chi connectivity index (χ4n) is 3.19. The van der Waals surface area contributed by atoms with Gasteiger partial charge in [0.25, 0.3) is 0 Å². The summed E-state index contributed by atoms with van der Waals surface area (Å²) in [4.78, 5) is 11.8. The number of methoxy groups -OCH3 is 1. The molecule has 2 aromatic rings. The Labute approximate surface area is 153 Å². The van der Waals surface area contributed by atoms with Crippen LogP contribution in [-0.4, -0.2) is 34.6 Å². The molecule has 6 nitrogen and oxygen atoms in total. The van der Waals surface area contributed by atoms with Crippen molar-refractivity contribution in [2.45, 2.75) is 24.3 Å². The second-order valence-corrected chi connectivity index (χ2v) is 8.04. The lowest BCUT2D eigenvalue weighted by molar-refractivity contribution is 0.0600. The molecule has 138 valence electrons. The lowest BCUT2D eigenvalue weighted by Gasteiger charge is -2.27. The van der Waals surface area contributed by atoms with Crippen molar-refractivity contribution >= 4 is 16.0 Å². The Hall–Kier alpha value is -2.22. The summed E-state index contributed by atoms with van der Waals surface area (Å²) in [7, 11) is -2.38. The standard InChI is InChI=1S/C19H22N2O4S/c1-13-11-15(7-8-16(13)19(22)25-2)26(23,24)21-12-18-17-6-4-3-5-14(17)9-10-20-18/h3-8,11,18,20-21H,9-10,12H2,1-2H3. The van der Waals surface area contributed by atoms with Crippen LogP contribution in [0.2, 0.25) is 0 Å². The fraction of sp³-hybridized carbons (Fsp3) is 0.316. The van der Waals surface area contributed by atoms with Gasteiger partial charge in [-0.05, 0) is 54.8 Å². The fourth-order valence-corrected chi connectivity index (χ4v) is 4.33. The monoisotopic (exact) mass is 374 g/mol. The second-order valence-electron chi connectivity index (χ2n) is 6.28. The average molecular weight is 374 g/mol. The van der Waals surface area contributed by atoms with Gasteiger partial charge >= 0.3 is 5.97 Å². The van der Waals surface area contributed by atoms with E-state index in [0.29, 0.717) is 11.1 Å². The molecular weight excluding hydrogens is 352 g/mol. The van der Waals surface area contributed by atoms with E-state index in [9.17, 15) is 13.2 Å². The highest BCUT2D eigenvalue weighted by Crippen LogP contribution is 2.23. The first-order valence-corrected chi connectivity index (χ1v) is 9.90. The topological polar surface area (TPSA) is 84.5 Å². The number of sulfonamides is 1. The van der Waals surface area contributed by atoms with E-state index in [1.807, 2.05) is 18.2 Å². The summed E-state index contributed by atoms with van der Waals surface area (Å²) < 4.78 is 32.6. The third kappa shape index (κ3) is 3.80. The molecule has 1 atom stereocenters. The summed E-state index contributed by atoms with van der Waals surface area (Å²) in [5.41, 5.74) is 3.28. The van der Waals surface area contributed by atoms with Crippen LogP contribution >= 0.6 is 0 Å². The maximum absolute atomic E-state index is 12.6. The second kappa shape index (κ2) is 7.57. The smallest absolute Gasteiger partial charge is 0.338 e. The van der Waals surface area contributed by atoms with Gasteiger partial charge in [-0.3, -0.25) is 0 Å². The summed E-state index contributed by atoms with van der Waals surface area (Å²) in [5, 5.41) is 3.35. The van der Waals surface area contributed by atoms with Crippen LogP contribution in [0.1, 0.15) is 33.1 Å². The molecule has 0 amide bonds. The first kappa shape index (κ1) is 18.6. The van der Waals surface area contributed by atoms with E-state index in [0.717, 1.165) is 18.5 Å². The van der Waals surface area contributed by atoms with Crippen LogP contribution in [0.5, 0.6) is 0 Å². The summed E-state index contributed by atoms with van der Waals surface area (Å²) >= 11 is 0. The zero-order valence-electron chi connectivity index (χ0n) is 14.8. The first-order chi connectivity index (χ1) is 12.4. The van der Waals surface area contributed by atoms with E-state index >= 15 is 0 Å². The number of fused-ring (bicyclic) bond motifs is 1. The predicted octanol–water partition coefficient (Wildman–Crippen LogP) is 1.95. The maximum Gasteiger partial charge on any atom is 0.338 e. The van der Waals surface area contributed by atoms with Gasteiger partial charge in [-0.25, -0.2) is 17.9 Å². The number of hydrogen-bond acceptors (Lipinski definition) is 5. The molecule has 2 aromatic carbocycles. The Morgan fingerprint density at radius 3 is 2.77 bits per heavy atom. The Bertz CT molecular complexity index is 925.